The van der Waals surface area contributed by atoms with Gasteiger partial charge in [-0.2, -0.15) is 5.10 Å². The standard InChI is InChI=1S/C29H31ClN6O2S/c1-4-35(5-2)24-13-7-21(8-14-24)19-31-32-27(37)20-39-29-34-33-28(22-9-11-23(30)12-10-22)36(29)25-15-17-26(18-16-25)38-6-3/h7-19H,4-6,20H2,1-3H3,(H,32,37)/b31-19+. The Morgan fingerprint density at radius 2 is 1.69 bits per heavy atom. The van der Waals surface area contributed by atoms with Gasteiger partial charge in [0.05, 0.1) is 18.6 Å². The first-order valence-corrected chi connectivity index (χ1v) is 14.1. The maximum absolute atomic E-state index is 12.6. The number of thioether (sulfide) groups is 1. The molecule has 0 unspecified atom stereocenters. The first-order chi connectivity index (χ1) is 19.0. The van der Waals surface area contributed by atoms with E-state index in [4.69, 9.17) is 16.3 Å². The van der Waals surface area contributed by atoms with E-state index < -0.39 is 0 Å². The molecular formula is C29H31ClN6O2S. The minimum Gasteiger partial charge on any atom is -0.494 e. The molecule has 0 spiro atoms. The molecule has 0 saturated heterocycles. The summed E-state index contributed by atoms with van der Waals surface area (Å²) in [6.07, 6.45) is 1.63. The van der Waals surface area contributed by atoms with Gasteiger partial charge in [-0.05, 0) is 87.0 Å². The van der Waals surface area contributed by atoms with Crippen LogP contribution in [0.25, 0.3) is 17.1 Å². The van der Waals surface area contributed by atoms with Crippen LogP contribution in [0, 0.1) is 0 Å². The summed E-state index contributed by atoms with van der Waals surface area (Å²) < 4.78 is 7.50. The Hall–Kier alpha value is -3.82. The van der Waals surface area contributed by atoms with Gasteiger partial charge < -0.3 is 9.64 Å². The number of hydrogen-bond acceptors (Lipinski definition) is 7. The van der Waals surface area contributed by atoms with Crippen LogP contribution in [0.2, 0.25) is 5.02 Å². The van der Waals surface area contributed by atoms with E-state index in [0.29, 0.717) is 22.6 Å². The third-order valence-corrected chi connectivity index (χ3v) is 7.08. The molecule has 0 radical (unpaired) electrons. The zero-order chi connectivity index (χ0) is 27.6. The van der Waals surface area contributed by atoms with Gasteiger partial charge in [0.2, 0.25) is 0 Å². The van der Waals surface area contributed by atoms with Crippen molar-refractivity contribution >= 4 is 41.2 Å². The van der Waals surface area contributed by atoms with Gasteiger partial charge in [-0.25, -0.2) is 5.43 Å². The van der Waals surface area contributed by atoms with Gasteiger partial charge >= 0.3 is 0 Å². The molecule has 3 aromatic carbocycles. The van der Waals surface area contributed by atoms with Crippen molar-refractivity contribution in [3.63, 3.8) is 0 Å². The topological polar surface area (TPSA) is 84.6 Å². The Morgan fingerprint density at radius 1 is 1.00 bits per heavy atom. The summed E-state index contributed by atoms with van der Waals surface area (Å²) >= 11 is 7.37. The van der Waals surface area contributed by atoms with Crippen LogP contribution in [0.3, 0.4) is 0 Å². The average molecular weight is 563 g/mol. The van der Waals surface area contributed by atoms with Gasteiger partial charge in [0.25, 0.3) is 5.91 Å². The number of benzene rings is 3. The van der Waals surface area contributed by atoms with Crippen LogP contribution in [0.4, 0.5) is 5.69 Å². The van der Waals surface area contributed by atoms with Crippen molar-refractivity contribution in [2.75, 3.05) is 30.3 Å². The van der Waals surface area contributed by atoms with Gasteiger partial charge in [-0.3, -0.25) is 9.36 Å². The molecule has 0 fully saturated rings. The van der Waals surface area contributed by atoms with Crippen molar-refractivity contribution in [3.8, 4) is 22.8 Å². The number of hydrogen-bond donors (Lipinski definition) is 1. The lowest BCUT2D eigenvalue weighted by molar-refractivity contribution is -0.118. The van der Waals surface area contributed by atoms with Crippen LogP contribution in [0.1, 0.15) is 26.3 Å². The molecular weight excluding hydrogens is 532 g/mol. The maximum atomic E-state index is 12.6. The van der Waals surface area contributed by atoms with Gasteiger partial charge in [-0.15, -0.1) is 10.2 Å². The number of hydrazone groups is 1. The van der Waals surface area contributed by atoms with Crippen molar-refractivity contribution in [2.45, 2.75) is 25.9 Å². The monoisotopic (exact) mass is 562 g/mol. The number of rotatable bonds is 12. The predicted molar refractivity (Wildman–Crippen MR) is 159 cm³/mol. The quantitative estimate of drug-likeness (QED) is 0.128. The lowest BCUT2D eigenvalue weighted by Gasteiger charge is -2.20. The van der Waals surface area contributed by atoms with Crippen LogP contribution >= 0.6 is 23.4 Å². The normalized spacial score (nSPS) is 11.1. The summed E-state index contributed by atoms with van der Waals surface area (Å²) in [5, 5.41) is 14.1. The summed E-state index contributed by atoms with van der Waals surface area (Å²) in [7, 11) is 0. The van der Waals surface area contributed by atoms with Crippen LogP contribution in [0.5, 0.6) is 5.75 Å². The molecule has 1 N–H and O–H groups in total. The summed E-state index contributed by atoms with van der Waals surface area (Å²) in [6.45, 7) is 8.69. The Morgan fingerprint density at radius 3 is 2.33 bits per heavy atom. The molecule has 10 heteroatoms. The maximum Gasteiger partial charge on any atom is 0.250 e. The van der Waals surface area contributed by atoms with E-state index in [2.05, 4.69) is 51.6 Å². The Balaban J connectivity index is 1.45. The summed E-state index contributed by atoms with van der Waals surface area (Å²) in [4.78, 5) is 14.8. The second-order valence-electron chi connectivity index (χ2n) is 8.42. The minimum atomic E-state index is -0.245. The van der Waals surface area contributed by atoms with E-state index in [0.717, 1.165) is 41.3 Å². The van der Waals surface area contributed by atoms with Crippen LogP contribution in [0.15, 0.2) is 83.1 Å². The first kappa shape index (κ1) is 28.2. The highest BCUT2D eigenvalue weighted by atomic mass is 35.5. The van der Waals surface area contributed by atoms with Crippen molar-refractivity contribution in [1.29, 1.82) is 0 Å². The molecule has 39 heavy (non-hydrogen) atoms. The molecule has 0 atom stereocenters. The second kappa shape index (κ2) is 13.8. The third kappa shape index (κ3) is 7.40. The molecule has 4 rings (SSSR count). The van der Waals surface area contributed by atoms with Crippen molar-refractivity contribution in [2.24, 2.45) is 5.10 Å². The van der Waals surface area contributed by atoms with E-state index in [9.17, 15) is 4.79 Å². The molecule has 0 bridgehead atoms. The number of carbonyl (C=O) groups is 1. The predicted octanol–water partition coefficient (Wildman–Crippen LogP) is 6.08. The lowest BCUT2D eigenvalue weighted by atomic mass is 10.2. The zero-order valence-electron chi connectivity index (χ0n) is 22.2. The van der Waals surface area contributed by atoms with E-state index >= 15 is 0 Å². The lowest BCUT2D eigenvalue weighted by Crippen LogP contribution is -2.21. The van der Waals surface area contributed by atoms with Crippen LogP contribution in [-0.4, -0.2) is 52.3 Å². The highest BCUT2D eigenvalue weighted by Gasteiger charge is 2.17. The highest BCUT2D eigenvalue weighted by molar-refractivity contribution is 7.99. The second-order valence-corrected chi connectivity index (χ2v) is 9.80. The fraction of sp³-hybridized carbons (Fsp3) is 0.241. The van der Waals surface area contributed by atoms with E-state index in [-0.39, 0.29) is 11.7 Å². The summed E-state index contributed by atoms with van der Waals surface area (Å²) in [5.41, 5.74) is 6.37. The van der Waals surface area contributed by atoms with Crippen LogP contribution < -0.4 is 15.1 Å². The molecule has 4 aromatic rings. The fourth-order valence-electron chi connectivity index (χ4n) is 3.94. The summed E-state index contributed by atoms with van der Waals surface area (Å²) in [5.74, 6) is 1.29. The van der Waals surface area contributed by atoms with Gasteiger partial charge in [0, 0.05) is 35.1 Å². The van der Waals surface area contributed by atoms with Crippen molar-refractivity contribution in [1.82, 2.24) is 20.2 Å². The molecule has 0 aliphatic carbocycles. The smallest absolute Gasteiger partial charge is 0.250 e. The number of halogens is 1. The number of nitrogens with zero attached hydrogens (tertiary/aromatic N) is 5. The number of amides is 1. The van der Waals surface area contributed by atoms with Crippen LogP contribution in [-0.2, 0) is 4.79 Å². The highest BCUT2D eigenvalue weighted by Crippen LogP contribution is 2.29. The Labute approximate surface area is 238 Å². The first-order valence-electron chi connectivity index (χ1n) is 12.8. The van der Waals surface area contributed by atoms with E-state index in [1.165, 1.54) is 11.8 Å². The SMILES string of the molecule is CCOc1ccc(-n2c(SCC(=O)N/N=C/c3ccc(N(CC)CC)cc3)nnc2-c2ccc(Cl)cc2)cc1. The molecule has 1 aromatic heterocycles. The largest absolute Gasteiger partial charge is 0.494 e. The molecule has 1 heterocycles. The third-order valence-electron chi connectivity index (χ3n) is 5.90. The Bertz CT molecular complexity index is 1390. The number of nitrogens with one attached hydrogen (secondary N) is 1. The number of carbonyl (C=O) groups excluding carboxylic acids is 1. The zero-order valence-corrected chi connectivity index (χ0v) is 23.7. The van der Waals surface area contributed by atoms with Gasteiger partial charge in [-0.1, -0.05) is 35.5 Å². The minimum absolute atomic E-state index is 0.119. The van der Waals surface area contributed by atoms with E-state index in [1.807, 2.05) is 72.2 Å². The number of ether oxygens (including phenoxy) is 1. The van der Waals surface area contributed by atoms with E-state index in [1.54, 1.807) is 6.21 Å². The molecule has 1 amide bonds. The number of anilines is 1. The molecule has 0 saturated carbocycles. The Kier molecular flexibility index (Phi) is 9.99. The molecule has 202 valence electrons. The number of aromatic nitrogens is 3. The van der Waals surface area contributed by atoms with Gasteiger partial charge in [0.1, 0.15) is 5.75 Å². The molecule has 0 aliphatic heterocycles. The van der Waals surface area contributed by atoms with Crippen molar-refractivity contribution < 1.29 is 9.53 Å². The average Bonchev–Trinajstić information content (AvgIpc) is 3.38. The summed E-state index contributed by atoms with van der Waals surface area (Å²) in [6, 6.07) is 23.1. The molecule has 8 nitrogen and oxygen atoms in total. The molecule has 0 aliphatic rings. The van der Waals surface area contributed by atoms with Crippen molar-refractivity contribution in [3.05, 3.63) is 83.4 Å². The van der Waals surface area contributed by atoms with Gasteiger partial charge in [0.15, 0.2) is 11.0 Å². The fourth-order valence-corrected chi connectivity index (χ4v) is 4.81.